The second-order valence-electron chi connectivity index (χ2n) is 17.4. The topological polar surface area (TPSA) is 312 Å². The third-order valence-corrected chi connectivity index (χ3v) is 13.1. The van der Waals surface area contributed by atoms with Crippen molar-refractivity contribution in [3.8, 4) is 0 Å². The van der Waals surface area contributed by atoms with Crippen molar-refractivity contribution >= 4 is 102 Å². The molecule has 10 aromatic rings. The van der Waals surface area contributed by atoms with Crippen molar-refractivity contribution in [2.75, 3.05) is 27.1 Å². The first-order chi connectivity index (χ1) is 39.6. The third-order valence-electron chi connectivity index (χ3n) is 11.7. The summed E-state index contributed by atoms with van der Waals surface area (Å²) in [6.45, 7) is 6.43. The Morgan fingerprint density at radius 3 is 1.31 bits per heavy atom. The minimum atomic E-state index is -1.14. The normalized spacial score (nSPS) is 11.1. The van der Waals surface area contributed by atoms with Gasteiger partial charge in [0.05, 0.1) is 38.4 Å². The predicted octanol–water partition coefficient (Wildman–Crippen LogP) is 7.23. The smallest absolute Gasteiger partial charge is 0.870 e. The van der Waals surface area contributed by atoms with Crippen molar-refractivity contribution in [2.24, 2.45) is 0 Å². The number of aromatic nitrogens is 7. The molecule has 0 fully saturated rings. The largest absolute Gasteiger partial charge is 1.00 e. The van der Waals surface area contributed by atoms with Crippen LogP contribution in [0, 0.1) is 20.8 Å². The van der Waals surface area contributed by atoms with E-state index < -0.39 is 41.3 Å². The van der Waals surface area contributed by atoms with Crippen LogP contribution < -0.4 is 35.3 Å². The number of ether oxygens (including phenoxy) is 3. The predicted molar refractivity (Wildman–Crippen MR) is 321 cm³/mol. The number of imidazole rings is 3. The summed E-state index contributed by atoms with van der Waals surface area (Å²) in [7, 11) is 3.88. The standard InChI is InChI=1S/C17H16N2O3.C16H14N2O3.C10H9BrN2O2.C7H6O.C5H5BrN2.C5H7ClO3.Na.H2O/c1-11-15(17(21)22-2)19-9-8-13(10-14(19)18-11)16(20)12-6-4-3-5-7-12;1-10-14(16(20)21)18-8-7-12(9-13(18)17-10)15(19)11-5-3-2-4-6-11;1-6-9(10(14)15-2)13-4-3-7(11)5-8(13)12-6;8-6-7-4-2-1-3-5-7;6-4-1-2-8-5(7)3-4;1-3(7)4(6)5(8)9-2;;/h3-10,16,20H,1-2H3;2-9,15,19H,1H3,(H,20,21);3-5H,1-2H3;1-6H;1-3H,(H2,7,8);4H,1-2H3;;1H2/q;;;;;;+1;/p-1. The molecule has 0 aliphatic heterocycles. The third kappa shape index (κ3) is 19.8. The zero-order chi connectivity index (χ0) is 60.9. The molecule has 85 heavy (non-hydrogen) atoms. The number of aryl methyl sites for hydroxylation is 3. The molecule has 0 radical (unpaired) electrons. The number of fused-ring (bicyclic) bond motifs is 3. The first-order valence-electron chi connectivity index (χ1n) is 24.7. The van der Waals surface area contributed by atoms with Gasteiger partial charge in [0.15, 0.2) is 28.2 Å². The Hall–Kier alpha value is -7.97. The molecule has 6 N–H and O–H groups in total. The first kappa shape index (κ1) is 71.3. The van der Waals surface area contributed by atoms with Crippen LogP contribution in [0.25, 0.3) is 16.9 Å². The number of aliphatic hydroxyl groups is 2. The van der Waals surface area contributed by atoms with Crippen molar-refractivity contribution in [1.29, 1.82) is 0 Å². The Labute approximate surface area is 532 Å². The van der Waals surface area contributed by atoms with E-state index in [-0.39, 0.29) is 46.7 Å². The number of Topliss-reactive ketones (excluding diaryl/α,β-unsaturated/α-hetero) is 1. The number of pyridine rings is 4. The number of carboxylic acids is 1. The molecule has 0 bridgehead atoms. The summed E-state index contributed by atoms with van der Waals surface area (Å²) in [5, 5.41) is 28.9. The summed E-state index contributed by atoms with van der Waals surface area (Å²) >= 11 is 11.8. The number of alkyl halides is 1. The Bertz CT molecular complexity index is 3840. The fourth-order valence-corrected chi connectivity index (χ4v) is 8.42. The number of hydrogen-bond acceptors (Lipinski definition) is 17. The van der Waals surface area contributed by atoms with Gasteiger partial charge in [-0.1, -0.05) is 123 Å². The van der Waals surface area contributed by atoms with Crippen LogP contribution in [0.2, 0.25) is 0 Å². The van der Waals surface area contributed by atoms with Gasteiger partial charge in [-0.2, -0.15) is 0 Å². The molecular weight excluding hydrogens is 1260 g/mol. The van der Waals surface area contributed by atoms with Crippen molar-refractivity contribution in [2.45, 2.75) is 45.3 Å². The molecule has 0 spiro atoms. The fourth-order valence-electron chi connectivity index (χ4n) is 7.65. The van der Waals surface area contributed by atoms with E-state index in [9.17, 15) is 44.1 Å². The van der Waals surface area contributed by atoms with Gasteiger partial charge < -0.3 is 40.7 Å². The van der Waals surface area contributed by atoms with Crippen molar-refractivity contribution in [3.63, 3.8) is 0 Å². The van der Waals surface area contributed by atoms with Crippen LogP contribution in [0.5, 0.6) is 0 Å². The number of nitrogens with zero attached hydrogens (tertiary/aromatic N) is 7. The average Bonchev–Trinajstić information content (AvgIpc) is 3.83. The van der Waals surface area contributed by atoms with Crippen LogP contribution in [0.3, 0.4) is 0 Å². The van der Waals surface area contributed by atoms with Crippen LogP contribution in [0.1, 0.15) is 100 Å². The summed E-state index contributed by atoms with van der Waals surface area (Å²) in [5.74, 6) is -2.38. The molecule has 21 nitrogen and oxygen atoms in total. The van der Waals surface area contributed by atoms with Gasteiger partial charge in [0.2, 0.25) is 0 Å². The van der Waals surface area contributed by atoms with Gasteiger partial charge in [-0.25, -0.2) is 39.1 Å². The number of anilines is 1. The number of carbonyl (C=O) groups is 6. The fraction of sp³-hybridized carbons (Fsp3) is 0.167. The molecule has 3 unspecified atom stereocenters. The molecule has 7 heterocycles. The van der Waals surface area contributed by atoms with Crippen LogP contribution in [0.4, 0.5) is 5.82 Å². The monoisotopic (exact) mass is 1310 g/mol. The minimum Gasteiger partial charge on any atom is -0.870 e. The van der Waals surface area contributed by atoms with Gasteiger partial charge in [0.25, 0.3) is 0 Å². The zero-order valence-corrected chi connectivity index (χ0v) is 53.1. The van der Waals surface area contributed by atoms with Crippen LogP contribution in [-0.2, 0) is 23.8 Å². The molecule has 0 aliphatic carbocycles. The molecule has 3 atom stereocenters. The molecule has 438 valence electrons. The summed E-state index contributed by atoms with van der Waals surface area (Å²) < 4.78 is 20.5. The maximum absolute atomic E-state index is 11.8. The van der Waals surface area contributed by atoms with Gasteiger partial charge in [-0.3, -0.25) is 22.8 Å². The Balaban J connectivity index is 0.000000279. The maximum Gasteiger partial charge on any atom is 1.00 e. The van der Waals surface area contributed by atoms with Crippen LogP contribution >= 0.6 is 43.5 Å². The molecule has 0 amide bonds. The number of nitrogen functional groups attached to an aromatic ring is 1. The Morgan fingerprint density at radius 2 is 0.965 bits per heavy atom. The second-order valence-corrected chi connectivity index (χ2v) is 19.7. The summed E-state index contributed by atoms with van der Waals surface area (Å²) in [4.78, 5) is 81.9. The van der Waals surface area contributed by atoms with Crippen LogP contribution in [0.15, 0.2) is 173 Å². The number of benzene rings is 3. The quantitative estimate of drug-likeness (QED) is 0.0262. The number of carbonyl (C=O) groups excluding carboxylic acids is 5. The number of rotatable bonds is 10. The number of nitrogens with two attached hydrogens (primary N) is 1. The van der Waals surface area contributed by atoms with Crippen molar-refractivity contribution in [3.05, 3.63) is 235 Å². The Morgan fingerprint density at radius 1 is 0.576 bits per heavy atom. The average molecular weight is 1320 g/mol. The van der Waals surface area contributed by atoms with E-state index in [4.69, 9.17) is 26.8 Å². The van der Waals surface area contributed by atoms with Crippen LogP contribution in [-0.4, -0.2) is 117 Å². The van der Waals surface area contributed by atoms with E-state index in [0.29, 0.717) is 51.1 Å². The molecule has 3 aromatic carbocycles. The number of ketones is 1. The van der Waals surface area contributed by atoms with Gasteiger partial charge in [-0.05, 0) is 98.5 Å². The Kier molecular flexibility index (Phi) is 29.1. The van der Waals surface area contributed by atoms with Gasteiger partial charge in [-0.15, -0.1) is 11.6 Å². The van der Waals surface area contributed by atoms with Gasteiger partial charge >= 0.3 is 53.4 Å². The number of aromatic carboxylic acids is 1. The molecule has 7 aromatic heterocycles. The minimum absolute atomic E-state index is 0. The van der Waals surface area contributed by atoms with Crippen molar-refractivity contribution in [1.82, 2.24) is 33.1 Å². The number of aliphatic hydroxyl groups excluding tert-OH is 2. The summed E-state index contributed by atoms with van der Waals surface area (Å²) in [6.07, 6.45) is 6.13. The van der Waals surface area contributed by atoms with Gasteiger partial charge in [0.1, 0.15) is 41.3 Å². The summed E-state index contributed by atoms with van der Waals surface area (Å²) in [5.41, 5.74) is 13.6. The number of aldehydes is 1. The summed E-state index contributed by atoms with van der Waals surface area (Å²) in [6, 6.07) is 42.0. The maximum atomic E-state index is 11.8. The molecule has 10 rings (SSSR count). The SMILES string of the molecule is COC(=O)C(Cl)C(C)=O.COC(=O)c1c(C)nc2cc(Br)ccn12.COC(=O)c1c(C)nc2cc(C(O)c3ccccc3)ccn12.Cc1nc2cc(C(O)c3ccccc3)ccn2c1C(=O)O.Nc1cc(Br)ccn1.O=Cc1ccccc1.[Na+].[OH-]. The number of methoxy groups -OCH3 is 3. The number of hydrogen-bond donors (Lipinski definition) is 4. The molecule has 0 aliphatic rings. The molecule has 0 saturated carbocycles. The molecular formula is C60H58Br2ClN8NaO13. The van der Waals surface area contributed by atoms with E-state index in [1.165, 1.54) is 32.7 Å². The van der Waals surface area contributed by atoms with E-state index >= 15 is 0 Å². The van der Waals surface area contributed by atoms with E-state index in [1.807, 2.05) is 97.1 Å². The number of halogens is 3. The van der Waals surface area contributed by atoms with Crippen molar-refractivity contribution < 1.29 is 93.3 Å². The van der Waals surface area contributed by atoms with Gasteiger partial charge in [0, 0.05) is 39.3 Å². The molecule has 0 saturated heterocycles. The molecule has 25 heteroatoms. The van der Waals surface area contributed by atoms with E-state index in [1.54, 1.807) is 96.8 Å². The van der Waals surface area contributed by atoms with E-state index in [2.05, 4.69) is 56.5 Å². The van der Waals surface area contributed by atoms with E-state index in [0.717, 1.165) is 43.1 Å². The first-order valence-corrected chi connectivity index (χ1v) is 26.7. The number of esters is 3. The number of carboxylic acid groups (broad SMARTS) is 1. The zero-order valence-electron chi connectivity index (χ0n) is 47.2. The second kappa shape index (κ2) is 34.7.